The van der Waals surface area contributed by atoms with E-state index in [1.54, 1.807) is 48.5 Å². The molecule has 4 aliphatic rings. The average Bonchev–Trinajstić information content (AvgIpc) is 3.46. The van der Waals surface area contributed by atoms with E-state index in [2.05, 4.69) is 5.43 Å². The number of rotatable bonds is 7. The molecule has 3 fully saturated rings. The van der Waals surface area contributed by atoms with Gasteiger partial charge in [-0.05, 0) is 78.4 Å². The summed E-state index contributed by atoms with van der Waals surface area (Å²) in [6, 6.07) is 17.7. The first-order valence-corrected chi connectivity index (χ1v) is 15.8. The molecule has 7 rings (SSSR count). The van der Waals surface area contributed by atoms with Crippen molar-refractivity contribution < 1.29 is 38.2 Å². The van der Waals surface area contributed by atoms with E-state index in [0.29, 0.717) is 38.1 Å². The Kier molecular flexibility index (Phi) is 7.80. The summed E-state index contributed by atoms with van der Waals surface area (Å²) in [6.45, 7) is -0.120. The van der Waals surface area contributed by atoms with Gasteiger partial charge in [-0.25, -0.2) is 9.18 Å². The molecular weight excluding hydrogens is 643 g/mol. The molecule has 2 saturated heterocycles. The van der Waals surface area contributed by atoms with Crippen LogP contribution in [0.25, 0.3) is 0 Å². The first-order chi connectivity index (χ1) is 23.1. The van der Waals surface area contributed by atoms with E-state index in [4.69, 9.17) is 22.1 Å². The van der Waals surface area contributed by atoms with Crippen LogP contribution in [0.5, 0.6) is 5.75 Å². The van der Waals surface area contributed by atoms with Crippen molar-refractivity contribution in [2.45, 2.75) is 24.2 Å². The zero-order valence-electron chi connectivity index (χ0n) is 25.3. The molecule has 0 bridgehead atoms. The van der Waals surface area contributed by atoms with Crippen LogP contribution in [0.3, 0.4) is 0 Å². The first kappa shape index (κ1) is 31.5. The van der Waals surface area contributed by atoms with Gasteiger partial charge in [0.1, 0.15) is 18.2 Å². The third-order valence-electron chi connectivity index (χ3n) is 10.1. The number of amides is 6. The highest BCUT2D eigenvalue weighted by Crippen LogP contribution is 2.64. The van der Waals surface area contributed by atoms with Gasteiger partial charge in [0.2, 0.25) is 11.8 Å². The molecule has 2 heterocycles. The number of benzene rings is 3. The van der Waals surface area contributed by atoms with Gasteiger partial charge in [-0.2, -0.15) is 9.91 Å². The summed E-state index contributed by atoms with van der Waals surface area (Å²) in [5.74, 6) is -6.94. The molecule has 1 saturated carbocycles. The minimum Gasteiger partial charge on any atom is -0.491 e. The summed E-state index contributed by atoms with van der Waals surface area (Å²) in [5, 5.41) is 10.6. The number of allylic oxidation sites excluding steroid dienone is 2. The van der Waals surface area contributed by atoms with Gasteiger partial charge in [-0.1, -0.05) is 47.5 Å². The predicted octanol–water partition coefficient (Wildman–Crippen LogP) is 3.91. The van der Waals surface area contributed by atoms with Gasteiger partial charge in [0.25, 0.3) is 11.8 Å². The number of hydrazine groups is 1. The molecule has 13 heteroatoms. The van der Waals surface area contributed by atoms with E-state index in [9.17, 15) is 28.7 Å². The van der Waals surface area contributed by atoms with E-state index < -0.39 is 70.5 Å². The molecule has 3 aromatic carbocycles. The third-order valence-corrected chi connectivity index (χ3v) is 10.3. The molecule has 246 valence electrons. The van der Waals surface area contributed by atoms with Crippen LogP contribution in [0.1, 0.15) is 29.9 Å². The van der Waals surface area contributed by atoms with Gasteiger partial charge in [0.15, 0.2) is 0 Å². The van der Waals surface area contributed by atoms with E-state index in [1.807, 2.05) is 6.08 Å². The summed E-state index contributed by atoms with van der Waals surface area (Å²) in [7, 11) is 0. The number of aliphatic hydroxyl groups excluding tert-OH is 1. The number of urea groups is 1. The van der Waals surface area contributed by atoms with Crippen LogP contribution < -0.4 is 15.9 Å². The number of imide groups is 4. The molecule has 48 heavy (non-hydrogen) atoms. The molecule has 6 amide bonds. The quantitative estimate of drug-likeness (QED) is 0.252. The number of nitrogens with two attached hydrogens (primary N) is 1. The van der Waals surface area contributed by atoms with Crippen molar-refractivity contribution in [3.8, 4) is 5.75 Å². The molecule has 6 unspecified atom stereocenters. The normalized spacial score (nSPS) is 27.7. The fraction of sp³-hybridized carbons (Fsp3) is 0.286. The number of carbonyl (C=O) groups is 5. The fourth-order valence-electron chi connectivity index (χ4n) is 8.17. The van der Waals surface area contributed by atoms with Crippen LogP contribution in [0, 0.1) is 29.5 Å². The smallest absolute Gasteiger partial charge is 0.328 e. The Hall–Kier alpha value is -5.07. The minimum atomic E-state index is -1.55. The predicted molar refractivity (Wildman–Crippen MR) is 169 cm³/mol. The van der Waals surface area contributed by atoms with Gasteiger partial charge < -0.3 is 15.6 Å². The number of primary amides is 1. The van der Waals surface area contributed by atoms with E-state index in [0.717, 1.165) is 5.01 Å². The zero-order chi connectivity index (χ0) is 33.9. The lowest BCUT2D eigenvalue weighted by atomic mass is 9.49. The standard InChI is InChI=1S/C35H30ClFN4O7/c36-20-5-3-19(4-6-20)35-27(31(44)41(33(35)46)39-22-9-7-21(37)8-10-22)17-26-24(29(35)18-1-11-23(12-2-18)48-16-15-42)13-14-25-28(26)32(45)40(30(25)43)34(38)47/h1-13,25-29,39,42H,14-17H2,(H2,38,47). The van der Waals surface area contributed by atoms with Crippen molar-refractivity contribution in [3.63, 3.8) is 0 Å². The number of likely N-dealkylation sites (tertiary alicyclic amines) is 1. The Balaban J connectivity index is 1.43. The fourth-order valence-corrected chi connectivity index (χ4v) is 8.29. The van der Waals surface area contributed by atoms with Gasteiger partial charge in [0.05, 0.1) is 35.5 Å². The Morgan fingerprint density at radius 3 is 2.29 bits per heavy atom. The number of nitrogens with zero attached hydrogens (tertiary/aromatic N) is 2. The Morgan fingerprint density at radius 1 is 0.958 bits per heavy atom. The number of nitrogens with one attached hydrogen (secondary N) is 1. The molecule has 0 aromatic heterocycles. The highest BCUT2D eigenvalue weighted by atomic mass is 35.5. The van der Waals surface area contributed by atoms with Gasteiger partial charge >= 0.3 is 6.03 Å². The third kappa shape index (κ3) is 4.69. The maximum Gasteiger partial charge on any atom is 0.328 e. The van der Waals surface area contributed by atoms with Crippen molar-refractivity contribution in [3.05, 3.63) is 106 Å². The second-order valence-electron chi connectivity index (χ2n) is 12.4. The van der Waals surface area contributed by atoms with Crippen LogP contribution >= 0.6 is 11.6 Å². The number of ether oxygens (including phenoxy) is 1. The summed E-state index contributed by atoms with van der Waals surface area (Å²) >= 11 is 6.30. The second-order valence-corrected chi connectivity index (χ2v) is 12.8. The van der Waals surface area contributed by atoms with E-state index in [1.165, 1.54) is 24.3 Å². The molecule has 6 atom stereocenters. The summed E-state index contributed by atoms with van der Waals surface area (Å²) in [4.78, 5) is 69.2. The topological polar surface area (TPSA) is 159 Å². The van der Waals surface area contributed by atoms with Crippen LogP contribution in [-0.2, 0) is 24.6 Å². The van der Waals surface area contributed by atoms with Crippen molar-refractivity contribution in [2.24, 2.45) is 29.4 Å². The van der Waals surface area contributed by atoms with Crippen molar-refractivity contribution in [1.29, 1.82) is 0 Å². The molecule has 0 spiro atoms. The highest BCUT2D eigenvalue weighted by molar-refractivity contribution is 6.30. The molecule has 0 radical (unpaired) electrons. The molecule has 2 aliphatic heterocycles. The SMILES string of the molecule is NC(=O)N1C(=O)C2CC=C3C(CC4C(=O)N(Nc5ccc(F)cc5)C(=O)C4(c4ccc(Cl)cc4)C3c3ccc(OCCO)cc3)C2C1=O. The number of fused-ring (bicyclic) bond motifs is 4. The van der Waals surface area contributed by atoms with Gasteiger partial charge in [0, 0.05) is 10.9 Å². The molecule has 3 aromatic rings. The van der Waals surface area contributed by atoms with Crippen LogP contribution in [-0.4, -0.2) is 57.9 Å². The average molecular weight is 673 g/mol. The van der Waals surface area contributed by atoms with Crippen molar-refractivity contribution >= 4 is 46.9 Å². The van der Waals surface area contributed by atoms with Crippen LogP contribution in [0.4, 0.5) is 14.9 Å². The Morgan fingerprint density at radius 2 is 1.65 bits per heavy atom. The van der Waals surface area contributed by atoms with E-state index >= 15 is 4.79 Å². The number of anilines is 1. The molecule has 11 nitrogen and oxygen atoms in total. The lowest BCUT2D eigenvalue weighted by molar-refractivity contribution is -0.139. The lowest BCUT2D eigenvalue weighted by Crippen LogP contribution is -2.53. The first-order valence-electron chi connectivity index (χ1n) is 15.4. The number of carbonyl (C=O) groups excluding carboxylic acids is 5. The second kappa shape index (κ2) is 11.9. The maximum atomic E-state index is 15.0. The lowest BCUT2D eigenvalue weighted by Gasteiger charge is -2.50. The van der Waals surface area contributed by atoms with Crippen LogP contribution in [0.15, 0.2) is 84.4 Å². The Labute approximate surface area is 279 Å². The monoisotopic (exact) mass is 672 g/mol. The van der Waals surface area contributed by atoms with Crippen LogP contribution in [0.2, 0.25) is 5.02 Å². The summed E-state index contributed by atoms with van der Waals surface area (Å²) in [6.07, 6.45) is 1.99. The molecule has 2 aliphatic carbocycles. The number of halogens is 2. The highest BCUT2D eigenvalue weighted by Gasteiger charge is 2.70. The summed E-state index contributed by atoms with van der Waals surface area (Å²) in [5.41, 5.74) is 8.93. The van der Waals surface area contributed by atoms with Gasteiger partial charge in [-0.15, -0.1) is 0 Å². The molecular formula is C35H30ClFN4O7. The van der Waals surface area contributed by atoms with E-state index in [-0.39, 0.29) is 26.1 Å². The number of hydrogen-bond donors (Lipinski definition) is 3. The Bertz CT molecular complexity index is 1870. The summed E-state index contributed by atoms with van der Waals surface area (Å²) < 4.78 is 19.3. The maximum absolute atomic E-state index is 15.0. The van der Waals surface area contributed by atoms with Crippen molar-refractivity contribution in [2.75, 3.05) is 18.6 Å². The minimum absolute atomic E-state index is 0.0155. The van der Waals surface area contributed by atoms with Gasteiger partial charge in [-0.3, -0.25) is 24.6 Å². The number of hydrogen-bond acceptors (Lipinski definition) is 8. The van der Waals surface area contributed by atoms with Crippen molar-refractivity contribution in [1.82, 2.24) is 9.91 Å². The molecule has 4 N–H and O–H groups in total. The number of aliphatic hydroxyl groups is 1. The largest absolute Gasteiger partial charge is 0.491 e. The zero-order valence-corrected chi connectivity index (χ0v) is 26.1.